The first kappa shape index (κ1) is 18.8. The number of H-pyrrole nitrogens is 1. The van der Waals surface area contributed by atoms with Crippen molar-refractivity contribution < 1.29 is 22.3 Å². The largest absolute Gasteiger partial charge is 0.431 e. The molecule has 12 heteroatoms. The third kappa shape index (κ3) is 3.89. The van der Waals surface area contributed by atoms with Crippen LogP contribution in [-0.2, 0) is 6.18 Å². The first-order valence-corrected chi connectivity index (χ1v) is 7.84. The molecule has 0 amide bonds. The number of alkyl halides is 3. The van der Waals surface area contributed by atoms with Crippen molar-refractivity contribution in [1.82, 2.24) is 19.5 Å². The summed E-state index contributed by atoms with van der Waals surface area (Å²) in [5, 5.41) is 0. The molecule has 0 aliphatic heterocycles. The predicted molar refractivity (Wildman–Crippen MR) is 87.4 cm³/mol. The summed E-state index contributed by atoms with van der Waals surface area (Å²) < 4.78 is 58.0. The lowest BCUT2D eigenvalue weighted by Crippen LogP contribution is -2.36. The van der Waals surface area contributed by atoms with E-state index in [0.717, 1.165) is 12.1 Å². The average Bonchev–Trinajstić information content (AvgIpc) is 2.58. The van der Waals surface area contributed by atoms with Gasteiger partial charge in [0, 0.05) is 24.5 Å². The number of benzene rings is 1. The molecule has 3 aromatic rings. The summed E-state index contributed by atoms with van der Waals surface area (Å²) in [4.78, 5) is 33.1. The van der Waals surface area contributed by atoms with E-state index in [1.165, 1.54) is 23.4 Å². The molecule has 1 aromatic carbocycles. The van der Waals surface area contributed by atoms with Gasteiger partial charge in [-0.1, -0.05) is 0 Å². The Morgan fingerprint density at radius 1 is 1.11 bits per heavy atom. The highest BCUT2D eigenvalue weighted by Crippen LogP contribution is 2.32. The van der Waals surface area contributed by atoms with Crippen LogP contribution in [0.2, 0.25) is 0 Å². The van der Waals surface area contributed by atoms with Crippen molar-refractivity contribution in [1.29, 1.82) is 0 Å². The van der Waals surface area contributed by atoms with Gasteiger partial charge in [-0.3, -0.25) is 4.79 Å². The third-order valence-electron chi connectivity index (χ3n) is 3.22. The molecule has 0 unspecified atom stereocenters. The Morgan fingerprint density at radius 3 is 2.37 bits per heavy atom. The zero-order valence-electron chi connectivity index (χ0n) is 12.9. The maximum atomic E-state index is 14.3. The van der Waals surface area contributed by atoms with Gasteiger partial charge >= 0.3 is 17.9 Å². The molecule has 140 valence electrons. The first-order chi connectivity index (χ1) is 12.7. The van der Waals surface area contributed by atoms with Gasteiger partial charge in [-0.05, 0) is 28.1 Å². The Morgan fingerprint density at radius 2 is 1.78 bits per heavy atom. The van der Waals surface area contributed by atoms with E-state index in [2.05, 4.69) is 25.9 Å². The number of hydrogen-bond donors (Lipinski definition) is 1. The summed E-state index contributed by atoms with van der Waals surface area (Å²) in [7, 11) is 0. The van der Waals surface area contributed by atoms with Gasteiger partial charge in [-0.2, -0.15) is 13.2 Å². The summed E-state index contributed by atoms with van der Waals surface area (Å²) >= 11 is 3.04. The highest BCUT2D eigenvalue weighted by Gasteiger charge is 2.33. The van der Waals surface area contributed by atoms with Crippen LogP contribution < -0.4 is 16.0 Å². The second-order valence-corrected chi connectivity index (χ2v) is 5.88. The molecular weight excluding hydrogens is 440 g/mol. The van der Waals surface area contributed by atoms with Crippen LogP contribution in [0.3, 0.4) is 0 Å². The van der Waals surface area contributed by atoms with Gasteiger partial charge in [0.05, 0.1) is 10.2 Å². The Bertz CT molecular complexity index is 1080. The quantitative estimate of drug-likeness (QED) is 0.624. The van der Waals surface area contributed by atoms with Gasteiger partial charge < -0.3 is 9.72 Å². The van der Waals surface area contributed by atoms with Crippen LogP contribution in [0, 0.1) is 5.82 Å². The number of aromatic amines is 1. The zero-order valence-corrected chi connectivity index (χ0v) is 14.5. The van der Waals surface area contributed by atoms with Gasteiger partial charge in [0.2, 0.25) is 0 Å². The smallest absolute Gasteiger partial charge is 0.423 e. The Hall–Kier alpha value is -3.02. The summed E-state index contributed by atoms with van der Waals surface area (Å²) in [6, 6.07) is 3.42. The summed E-state index contributed by atoms with van der Waals surface area (Å²) in [5.74, 6) is -1.11. The van der Waals surface area contributed by atoms with E-state index in [1.54, 1.807) is 0 Å². The van der Waals surface area contributed by atoms with E-state index in [4.69, 9.17) is 4.74 Å². The number of aromatic nitrogens is 4. The summed E-state index contributed by atoms with van der Waals surface area (Å²) in [5.41, 5.74) is -4.98. The summed E-state index contributed by atoms with van der Waals surface area (Å²) in [6.07, 6.45) is -2.17. The molecule has 1 N–H and O–H groups in total. The Balaban J connectivity index is 2.14. The van der Waals surface area contributed by atoms with Gasteiger partial charge in [0.25, 0.3) is 5.56 Å². The number of ether oxygens (including phenoxy) is 1. The minimum absolute atomic E-state index is 0.0659. The molecule has 2 aromatic heterocycles. The minimum atomic E-state index is -4.94. The summed E-state index contributed by atoms with van der Waals surface area (Å²) in [6.45, 7) is 0. The molecule has 0 aliphatic carbocycles. The van der Waals surface area contributed by atoms with Gasteiger partial charge in [0.15, 0.2) is 0 Å². The molecule has 0 saturated carbocycles. The number of halogens is 5. The fourth-order valence-electron chi connectivity index (χ4n) is 2.08. The fourth-order valence-corrected chi connectivity index (χ4v) is 2.48. The van der Waals surface area contributed by atoms with Crippen molar-refractivity contribution in [2.45, 2.75) is 6.18 Å². The van der Waals surface area contributed by atoms with Crippen molar-refractivity contribution in [2.24, 2.45) is 0 Å². The zero-order chi connectivity index (χ0) is 19.8. The molecule has 0 fully saturated rings. The number of nitrogens with zero attached hydrogens (tertiary/aromatic N) is 3. The number of nitrogens with one attached hydrogen (secondary N) is 1. The number of hydrogen-bond acceptors (Lipinski definition) is 5. The number of rotatable bonds is 3. The predicted octanol–water partition coefficient (Wildman–Crippen LogP) is 3.03. The molecule has 0 spiro atoms. The highest BCUT2D eigenvalue weighted by molar-refractivity contribution is 9.10. The van der Waals surface area contributed by atoms with Crippen molar-refractivity contribution in [3.05, 3.63) is 73.5 Å². The lowest BCUT2D eigenvalue weighted by molar-refractivity contribution is -0.141. The van der Waals surface area contributed by atoms with E-state index in [9.17, 15) is 27.2 Å². The van der Waals surface area contributed by atoms with Crippen LogP contribution >= 0.6 is 15.9 Å². The first-order valence-electron chi connectivity index (χ1n) is 7.04. The van der Waals surface area contributed by atoms with E-state index in [0.29, 0.717) is 0 Å². The molecule has 2 heterocycles. The monoisotopic (exact) mass is 446 g/mol. The molecular formula is C15H7BrF4N4O3. The maximum absolute atomic E-state index is 14.3. The SMILES string of the molecule is O=c1cc(C(F)(F)F)[nH]c(=O)n1-c1cc(Oc2ncccn2)c(Br)cc1F. The van der Waals surface area contributed by atoms with E-state index in [1.807, 2.05) is 0 Å². The van der Waals surface area contributed by atoms with Crippen molar-refractivity contribution >= 4 is 15.9 Å². The van der Waals surface area contributed by atoms with E-state index < -0.39 is 34.6 Å². The maximum Gasteiger partial charge on any atom is 0.431 e. The third-order valence-corrected chi connectivity index (χ3v) is 3.84. The molecule has 0 radical (unpaired) electrons. The molecule has 3 rings (SSSR count). The van der Waals surface area contributed by atoms with Crippen LogP contribution in [0.5, 0.6) is 11.8 Å². The Labute approximate surface area is 155 Å². The Kier molecular flexibility index (Phi) is 4.83. The standard InChI is InChI=1S/C15H7BrF4N4O3/c16-7-4-8(17)9(5-10(7)27-13-21-2-1-3-22-13)24-12(25)6-11(15(18,19)20)23-14(24)26/h1-6H,(H,23,26). The lowest BCUT2D eigenvalue weighted by Gasteiger charge is -2.12. The molecule has 0 aliphatic rings. The molecule has 0 atom stereocenters. The van der Waals surface area contributed by atoms with Gasteiger partial charge in [-0.25, -0.2) is 23.7 Å². The van der Waals surface area contributed by atoms with Crippen LogP contribution in [0.25, 0.3) is 5.69 Å². The topological polar surface area (TPSA) is 89.9 Å². The van der Waals surface area contributed by atoms with Crippen LogP contribution in [0.1, 0.15) is 5.69 Å². The van der Waals surface area contributed by atoms with E-state index in [-0.39, 0.29) is 26.9 Å². The molecule has 0 bridgehead atoms. The minimum Gasteiger partial charge on any atom is -0.423 e. The van der Waals surface area contributed by atoms with Gasteiger partial charge in [-0.15, -0.1) is 0 Å². The molecule has 7 nitrogen and oxygen atoms in total. The lowest BCUT2D eigenvalue weighted by atomic mass is 10.2. The van der Waals surface area contributed by atoms with Crippen LogP contribution in [-0.4, -0.2) is 19.5 Å². The highest BCUT2D eigenvalue weighted by atomic mass is 79.9. The van der Waals surface area contributed by atoms with Crippen LogP contribution in [0.15, 0.2) is 50.7 Å². The molecule has 0 saturated heterocycles. The van der Waals surface area contributed by atoms with E-state index >= 15 is 0 Å². The van der Waals surface area contributed by atoms with Crippen molar-refractivity contribution in [3.8, 4) is 17.4 Å². The molecule has 27 heavy (non-hydrogen) atoms. The second kappa shape index (κ2) is 6.95. The van der Waals surface area contributed by atoms with Crippen LogP contribution in [0.4, 0.5) is 17.6 Å². The van der Waals surface area contributed by atoms with Crippen molar-refractivity contribution in [3.63, 3.8) is 0 Å². The van der Waals surface area contributed by atoms with Crippen molar-refractivity contribution in [2.75, 3.05) is 0 Å². The fraction of sp³-hybridized carbons (Fsp3) is 0.0667. The van der Waals surface area contributed by atoms with Gasteiger partial charge in [0.1, 0.15) is 17.3 Å². The normalized spacial score (nSPS) is 11.4. The average molecular weight is 447 g/mol. The second-order valence-electron chi connectivity index (χ2n) is 5.03.